The highest BCUT2D eigenvalue weighted by Crippen LogP contribution is 2.41. The predicted octanol–water partition coefficient (Wildman–Crippen LogP) is 3.56. The molecule has 6 nitrogen and oxygen atoms in total. The van der Waals surface area contributed by atoms with Gasteiger partial charge < -0.3 is 0 Å². The lowest BCUT2D eigenvalue weighted by molar-refractivity contribution is 0.509. The molecule has 0 saturated heterocycles. The van der Waals surface area contributed by atoms with E-state index in [1.165, 1.54) is 27.1 Å². The number of nitrogens with zero attached hydrogens (tertiary/aromatic N) is 6. The summed E-state index contributed by atoms with van der Waals surface area (Å²) in [6.45, 7) is 2.34. The number of hydrogen-bond donors (Lipinski definition) is 0. The van der Waals surface area contributed by atoms with Gasteiger partial charge in [0, 0.05) is 4.88 Å². The van der Waals surface area contributed by atoms with Crippen molar-refractivity contribution in [2.75, 3.05) is 12.5 Å². The third-order valence-corrected chi connectivity index (χ3v) is 7.23. The van der Waals surface area contributed by atoms with Crippen LogP contribution in [0.3, 0.4) is 0 Å². The average molecular weight is 377 g/mol. The first-order chi connectivity index (χ1) is 11.7. The first-order valence-electron chi connectivity index (χ1n) is 7.87. The second-order valence-corrected chi connectivity index (χ2v) is 8.83. The quantitative estimate of drug-likeness (QED) is 0.499. The Morgan fingerprint density at radius 3 is 2.58 bits per heavy atom. The highest BCUT2D eigenvalue weighted by Gasteiger charge is 2.27. The molecular weight excluding hydrogens is 360 g/mol. The number of hydrogen-bond acceptors (Lipinski definition) is 7. The van der Waals surface area contributed by atoms with Gasteiger partial charge in [0.1, 0.15) is 4.83 Å². The molecule has 1 atom stereocenters. The second-order valence-electron chi connectivity index (χ2n) is 6.20. The maximum Gasteiger partial charge on any atom is 0.245 e. The van der Waals surface area contributed by atoms with Gasteiger partial charge in [-0.05, 0) is 43.3 Å². The minimum absolute atomic E-state index is 0.748. The molecule has 0 fully saturated rings. The molecule has 5 rings (SSSR count). The van der Waals surface area contributed by atoms with Gasteiger partial charge in [-0.15, -0.1) is 31.7 Å². The normalized spacial score (nSPS) is 18.0. The molecular formula is C15H16N6S3. The Morgan fingerprint density at radius 1 is 1.04 bits per heavy atom. The monoisotopic (exact) mass is 376 g/mol. The van der Waals surface area contributed by atoms with E-state index in [1.54, 1.807) is 23.5 Å². The maximum atomic E-state index is 4.51. The van der Waals surface area contributed by atoms with Crippen molar-refractivity contribution in [3.05, 3.63) is 10.4 Å². The van der Waals surface area contributed by atoms with Crippen molar-refractivity contribution in [2.24, 2.45) is 5.92 Å². The molecule has 0 aliphatic heterocycles. The van der Waals surface area contributed by atoms with E-state index < -0.39 is 0 Å². The lowest BCUT2D eigenvalue weighted by atomic mass is 9.89. The molecule has 0 spiro atoms. The molecule has 4 aromatic heterocycles. The molecule has 0 N–H and O–H groups in total. The fourth-order valence-corrected chi connectivity index (χ4v) is 6.10. The summed E-state index contributed by atoms with van der Waals surface area (Å²) in [5.41, 5.74) is 2.38. The SMILES string of the molecule is CSc1nnc2c3c4c(sc3n3c(SC)nnc3n12)C[C@H](C)CC4. The molecule has 4 heterocycles. The third-order valence-electron chi connectivity index (χ3n) is 4.73. The van der Waals surface area contributed by atoms with Crippen molar-refractivity contribution in [1.82, 2.24) is 29.2 Å². The summed E-state index contributed by atoms with van der Waals surface area (Å²) >= 11 is 5.10. The standard InChI is InChI=1S/C15H16N6S3/c1-7-4-5-8-9(6-7)24-12-10(8)11-16-18-14(22-2)20(11)13-17-19-15(23-3)21(12)13/h7H,4-6H2,1-3H3/t7-/m1/s1. The number of fused-ring (bicyclic) bond motifs is 8. The van der Waals surface area contributed by atoms with Crippen molar-refractivity contribution >= 4 is 56.5 Å². The van der Waals surface area contributed by atoms with Crippen LogP contribution in [-0.2, 0) is 12.8 Å². The van der Waals surface area contributed by atoms with E-state index in [2.05, 4.69) is 36.1 Å². The Hall–Kier alpha value is -1.32. The number of thiophene rings is 1. The van der Waals surface area contributed by atoms with Crippen molar-refractivity contribution in [3.8, 4) is 0 Å². The van der Waals surface area contributed by atoms with Gasteiger partial charge in [-0.25, -0.2) is 8.80 Å². The lowest BCUT2D eigenvalue weighted by Gasteiger charge is -2.17. The van der Waals surface area contributed by atoms with Gasteiger partial charge in [0.05, 0.1) is 5.39 Å². The summed E-state index contributed by atoms with van der Waals surface area (Å²) in [6.07, 6.45) is 7.58. The Balaban J connectivity index is 2.03. The van der Waals surface area contributed by atoms with Crippen molar-refractivity contribution < 1.29 is 0 Å². The smallest absolute Gasteiger partial charge is 0.245 e. The molecule has 4 aromatic rings. The average Bonchev–Trinajstić information content (AvgIpc) is 3.27. The molecule has 1 aliphatic carbocycles. The lowest BCUT2D eigenvalue weighted by Crippen LogP contribution is -2.08. The van der Waals surface area contributed by atoms with Gasteiger partial charge >= 0.3 is 0 Å². The van der Waals surface area contributed by atoms with Gasteiger partial charge in [-0.1, -0.05) is 30.4 Å². The van der Waals surface area contributed by atoms with Crippen LogP contribution >= 0.6 is 34.9 Å². The first kappa shape index (κ1) is 15.0. The van der Waals surface area contributed by atoms with E-state index >= 15 is 0 Å². The van der Waals surface area contributed by atoms with E-state index in [9.17, 15) is 0 Å². The fraction of sp³-hybridized carbons (Fsp3) is 0.467. The van der Waals surface area contributed by atoms with E-state index in [4.69, 9.17) is 0 Å². The van der Waals surface area contributed by atoms with Crippen LogP contribution in [-0.4, -0.2) is 41.7 Å². The van der Waals surface area contributed by atoms with Crippen molar-refractivity contribution in [3.63, 3.8) is 0 Å². The first-order valence-corrected chi connectivity index (χ1v) is 11.1. The summed E-state index contributed by atoms with van der Waals surface area (Å²) in [6, 6.07) is 0. The highest BCUT2D eigenvalue weighted by molar-refractivity contribution is 7.98. The van der Waals surface area contributed by atoms with Crippen LogP contribution in [0.2, 0.25) is 0 Å². The second kappa shape index (κ2) is 5.34. The minimum atomic E-state index is 0.748. The van der Waals surface area contributed by atoms with E-state index in [-0.39, 0.29) is 0 Å². The van der Waals surface area contributed by atoms with E-state index in [1.807, 2.05) is 23.8 Å². The molecule has 0 saturated carbocycles. The summed E-state index contributed by atoms with van der Waals surface area (Å²) in [5.74, 6) is 1.56. The molecule has 0 radical (unpaired) electrons. The van der Waals surface area contributed by atoms with Crippen LogP contribution in [0.4, 0.5) is 0 Å². The molecule has 0 aromatic carbocycles. The fourth-order valence-electron chi connectivity index (χ4n) is 3.59. The van der Waals surface area contributed by atoms with Crippen molar-refractivity contribution in [1.29, 1.82) is 0 Å². The molecule has 124 valence electrons. The Bertz CT molecular complexity index is 1090. The molecule has 1 aliphatic rings. The van der Waals surface area contributed by atoms with Crippen LogP contribution in [0, 0.1) is 5.92 Å². The van der Waals surface area contributed by atoms with Gasteiger partial charge in [-0.2, -0.15) is 0 Å². The highest BCUT2D eigenvalue weighted by atomic mass is 32.2. The Kier molecular flexibility index (Phi) is 3.33. The Morgan fingerprint density at radius 2 is 1.79 bits per heavy atom. The minimum Gasteiger partial charge on any atom is -0.245 e. The number of aryl methyl sites for hydroxylation is 1. The molecule has 0 unspecified atom stereocenters. The van der Waals surface area contributed by atoms with Crippen LogP contribution in [0.15, 0.2) is 10.3 Å². The summed E-state index contributed by atoms with van der Waals surface area (Å²) < 4.78 is 4.24. The van der Waals surface area contributed by atoms with Crippen molar-refractivity contribution in [2.45, 2.75) is 36.5 Å². The van der Waals surface area contributed by atoms with Gasteiger partial charge in [0.2, 0.25) is 5.78 Å². The largest absolute Gasteiger partial charge is 0.245 e. The number of thioether (sulfide) groups is 2. The zero-order chi connectivity index (χ0) is 16.4. The molecule has 24 heavy (non-hydrogen) atoms. The van der Waals surface area contributed by atoms with Crippen LogP contribution in [0.5, 0.6) is 0 Å². The third kappa shape index (κ3) is 1.86. The van der Waals surface area contributed by atoms with Crippen LogP contribution in [0.1, 0.15) is 23.8 Å². The van der Waals surface area contributed by atoms with E-state index in [0.717, 1.165) is 40.5 Å². The van der Waals surface area contributed by atoms with E-state index in [0.29, 0.717) is 0 Å². The topological polar surface area (TPSA) is 60.4 Å². The zero-order valence-corrected chi connectivity index (χ0v) is 16.1. The molecule has 0 bridgehead atoms. The maximum absolute atomic E-state index is 4.51. The number of aromatic nitrogens is 6. The van der Waals surface area contributed by atoms with Gasteiger partial charge in [0.15, 0.2) is 16.0 Å². The molecule has 9 heteroatoms. The van der Waals surface area contributed by atoms with Gasteiger partial charge in [-0.3, -0.25) is 0 Å². The van der Waals surface area contributed by atoms with Gasteiger partial charge in [0.25, 0.3) is 0 Å². The summed E-state index contributed by atoms with van der Waals surface area (Å²) in [4.78, 5) is 2.71. The Labute approximate surface area is 151 Å². The summed E-state index contributed by atoms with van der Waals surface area (Å²) in [5, 5.41) is 20.8. The predicted molar refractivity (Wildman–Crippen MR) is 99.7 cm³/mol. The number of rotatable bonds is 2. The summed E-state index contributed by atoms with van der Waals surface area (Å²) in [7, 11) is 0. The molecule has 0 amide bonds. The van der Waals surface area contributed by atoms with Crippen LogP contribution < -0.4 is 0 Å². The van der Waals surface area contributed by atoms with Crippen LogP contribution in [0.25, 0.3) is 21.6 Å². The zero-order valence-electron chi connectivity index (χ0n) is 13.6.